The van der Waals surface area contributed by atoms with Gasteiger partial charge in [0.1, 0.15) is 0 Å². The fourth-order valence-corrected chi connectivity index (χ4v) is 3.07. The van der Waals surface area contributed by atoms with Gasteiger partial charge < -0.3 is 4.90 Å². The molecule has 3 rings (SSSR count). The van der Waals surface area contributed by atoms with E-state index in [1.54, 1.807) is 11.3 Å². The summed E-state index contributed by atoms with van der Waals surface area (Å²) in [4.78, 5) is 18.4. The summed E-state index contributed by atoms with van der Waals surface area (Å²) in [5.74, 6) is 1.40. The monoisotopic (exact) mass is 265 g/mol. The molecule has 1 saturated carbocycles. The van der Waals surface area contributed by atoms with Gasteiger partial charge in [0, 0.05) is 24.4 Å². The zero-order chi connectivity index (χ0) is 12.5. The number of anilines is 1. The zero-order valence-corrected chi connectivity index (χ0v) is 11.5. The van der Waals surface area contributed by atoms with Gasteiger partial charge in [-0.1, -0.05) is 6.92 Å². The van der Waals surface area contributed by atoms with Crippen molar-refractivity contribution in [1.29, 1.82) is 0 Å². The quantitative estimate of drug-likeness (QED) is 0.892. The number of hydrogen-bond acceptors (Lipinski definition) is 3. The van der Waals surface area contributed by atoms with Crippen LogP contribution in [-0.2, 0) is 0 Å². The number of piperidine rings is 1. The van der Waals surface area contributed by atoms with Crippen molar-refractivity contribution in [2.75, 3.05) is 18.4 Å². The van der Waals surface area contributed by atoms with E-state index in [1.165, 1.54) is 12.8 Å². The first-order chi connectivity index (χ1) is 8.72. The predicted molar refractivity (Wildman–Crippen MR) is 73.1 cm³/mol. The molecule has 1 aromatic rings. The van der Waals surface area contributed by atoms with Gasteiger partial charge >= 0.3 is 6.03 Å². The molecule has 1 aliphatic heterocycles. The van der Waals surface area contributed by atoms with Crippen molar-refractivity contribution in [3.63, 3.8) is 0 Å². The van der Waals surface area contributed by atoms with Gasteiger partial charge in [-0.25, -0.2) is 9.78 Å². The van der Waals surface area contributed by atoms with E-state index in [0.29, 0.717) is 5.92 Å². The molecule has 1 aromatic heterocycles. The second-order valence-corrected chi connectivity index (χ2v) is 6.31. The van der Waals surface area contributed by atoms with Crippen molar-refractivity contribution < 1.29 is 4.79 Å². The van der Waals surface area contributed by atoms with Crippen molar-refractivity contribution >= 4 is 22.5 Å². The highest BCUT2D eigenvalue weighted by Crippen LogP contribution is 2.40. The minimum Gasteiger partial charge on any atom is -0.324 e. The van der Waals surface area contributed by atoms with Gasteiger partial charge in [0.15, 0.2) is 5.13 Å². The number of carbonyl (C=O) groups is 1. The van der Waals surface area contributed by atoms with E-state index in [-0.39, 0.29) is 6.03 Å². The Hall–Kier alpha value is -1.10. The first-order valence-electron chi connectivity index (χ1n) is 6.73. The molecule has 2 fully saturated rings. The molecule has 0 radical (unpaired) electrons. The van der Waals surface area contributed by atoms with Crippen LogP contribution >= 0.6 is 11.3 Å². The lowest BCUT2D eigenvalue weighted by molar-refractivity contribution is 0.186. The number of rotatable bonds is 2. The summed E-state index contributed by atoms with van der Waals surface area (Å²) >= 11 is 1.54. The lowest BCUT2D eigenvalue weighted by atomic mass is 10.00. The maximum atomic E-state index is 12.1. The number of thiazole rings is 1. The van der Waals surface area contributed by atoms with E-state index in [9.17, 15) is 4.79 Å². The van der Waals surface area contributed by atoms with Crippen LogP contribution in [0.15, 0.2) is 5.38 Å². The normalized spacial score (nSPS) is 21.1. The Labute approximate surface area is 111 Å². The van der Waals surface area contributed by atoms with Crippen molar-refractivity contribution in [2.45, 2.75) is 38.5 Å². The van der Waals surface area contributed by atoms with Gasteiger partial charge in [0.05, 0.1) is 5.69 Å². The van der Waals surface area contributed by atoms with E-state index in [1.807, 2.05) is 4.90 Å². The molecule has 0 bridgehead atoms. The summed E-state index contributed by atoms with van der Waals surface area (Å²) in [5.41, 5.74) is 1.16. The van der Waals surface area contributed by atoms with E-state index in [0.717, 1.165) is 42.7 Å². The van der Waals surface area contributed by atoms with Crippen LogP contribution in [0, 0.1) is 5.92 Å². The first kappa shape index (κ1) is 12.0. The van der Waals surface area contributed by atoms with Gasteiger partial charge in [-0.05, 0) is 31.6 Å². The highest BCUT2D eigenvalue weighted by molar-refractivity contribution is 7.13. The Morgan fingerprint density at radius 2 is 2.11 bits per heavy atom. The van der Waals surface area contributed by atoms with Crippen LogP contribution in [0.25, 0.3) is 0 Å². The molecule has 4 nitrogen and oxygen atoms in total. The summed E-state index contributed by atoms with van der Waals surface area (Å²) in [7, 11) is 0. The van der Waals surface area contributed by atoms with Crippen LogP contribution in [-0.4, -0.2) is 29.0 Å². The Kier molecular flexibility index (Phi) is 3.24. The van der Waals surface area contributed by atoms with Crippen LogP contribution in [0.2, 0.25) is 0 Å². The third-order valence-corrected chi connectivity index (χ3v) is 4.58. The number of nitrogens with one attached hydrogen (secondary N) is 1. The summed E-state index contributed by atoms with van der Waals surface area (Å²) in [6.45, 7) is 3.99. The standard InChI is InChI=1S/C13H19N3OS/c1-9-4-6-16(7-5-9)13(17)15-12-14-11(8-18-12)10-2-3-10/h8-10H,2-7H2,1H3,(H,14,15,17). The third-order valence-electron chi connectivity index (χ3n) is 3.80. The molecule has 0 aromatic carbocycles. The maximum Gasteiger partial charge on any atom is 0.323 e. The van der Waals surface area contributed by atoms with Crippen molar-refractivity contribution in [2.24, 2.45) is 5.92 Å². The average molecular weight is 265 g/mol. The minimum absolute atomic E-state index is 0.0126. The summed E-state index contributed by atoms with van der Waals surface area (Å²) < 4.78 is 0. The molecule has 1 N–H and O–H groups in total. The third kappa shape index (κ3) is 2.66. The molecule has 1 saturated heterocycles. The number of aromatic nitrogens is 1. The van der Waals surface area contributed by atoms with E-state index < -0.39 is 0 Å². The van der Waals surface area contributed by atoms with Crippen LogP contribution < -0.4 is 5.32 Å². The number of amides is 2. The molecule has 98 valence electrons. The number of hydrogen-bond donors (Lipinski definition) is 1. The van der Waals surface area contributed by atoms with Crippen LogP contribution in [0.4, 0.5) is 9.93 Å². The largest absolute Gasteiger partial charge is 0.324 e. The molecule has 1 aliphatic carbocycles. The van der Waals surface area contributed by atoms with Gasteiger partial charge in [-0.2, -0.15) is 0 Å². The Bertz CT molecular complexity index is 433. The first-order valence-corrected chi connectivity index (χ1v) is 7.61. The molecule has 0 atom stereocenters. The highest BCUT2D eigenvalue weighted by atomic mass is 32.1. The lowest BCUT2D eigenvalue weighted by Crippen LogP contribution is -2.40. The van der Waals surface area contributed by atoms with Gasteiger partial charge in [-0.3, -0.25) is 5.32 Å². The topological polar surface area (TPSA) is 45.2 Å². The fraction of sp³-hybridized carbons (Fsp3) is 0.692. The van der Waals surface area contributed by atoms with Crippen LogP contribution in [0.1, 0.15) is 44.2 Å². The Morgan fingerprint density at radius 1 is 1.39 bits per heavy atom. The average Bonchev–Trinajstić information content (AvgIpc) is 3.11. The molecule has 2 amide bonds. The van der Waals surface area contributed by atoms with E-state index in [2.05, 4.69) is 22.6 Å². The second-order valence-electron chi connectivity index (χ2n) is 5.45. The smallest absolute Gasteiger partial charge is 0.323 e. The lowest BCUT2D eigenvalue weighted by Gasteiger charge is -2.29. The van der Waals surface area contributed by atoms with E-state index >= 15 is 0 Å². The number of carbonyl (C=O) groups excluding carboxylic acids is 1. The molecule has 0 spiro atoms. The Balaban J connectivity index is 1.56. The highest BCUT2D eigenvalue weighted by Gasteiger charge is 2.27. The number of urea groups is 1. The fourth-order valence-electron chi connectivity index (χ4n) is 2.29. The number of nitrogens with zero attached hydrogens (tertiary/aromatic N) is 2. The molecule has 2 aliphatic rings. The van der Waals surface area contributed by atoms with Crippen molar-refractivity contribution in [1.82, 2.24) is 9.88 Å². The summed E-state index contributed by atoms with van der Waals surface area (Å²) in [5, 5.41) is 5.75. The van der Waals surface area contributed by atoms with Gasteiger partial charge in [0.2, 0.25) is 0 Å². The molecule has 2 heterocycles. The van der Waals surface area contributed by atoms with E-state index in [4.69, 9.17) is 0 Å². The predicted octanol–water partition coefficient (Wildman–Crippen LogP) is 3.28. The SMILES string of the molecule is CC1CCN(C(=O)Nc2nc(C3CC3)cs2)CC1. The van der Waals surface area contributed by atoms with Gasteiger partial charge in [0.25, 0.3) is 0 Å². The minimum atomic E-state index is 0.0126. The zero-order valence-electron chi connectivity index (χ0n) is 10.7. The van der Waals surface area contributed by atoms with Crippen LogP contribution in [0.5, 0.6) is 0 Å². The number of likely N-dealkylation sites (tertiary alicyclic amines) is 1. The summed E-state index contributed by atoms with van der Waals surface area (Å²) in [6.07, 6.45) is 4.72. The molecular formula is C13H19N3OS. The maximum absolute atomic E-state index is 12.1. The Morgan fingerprint density at radius 3 is 2.78 bits per heavy atom. The van der Waals surface area contributed by atoms with Crippen molar-refractivity contribution in [3.8, 4) is 0 Å². The second kappa shape index (κ2) is 4.88. The molecule has 0 unspecified atom stereocenters. The van der Waals surface area contributed by atoms with Crippen molar-refractivity contribution in [3.05, 3.63) is 11.1 Å². The molecular weight excluding hydrogens is 246 g/mol. The van der Waals surface area contributed by atoms with Gasteiger partial charge in [-0.15, -0.1) is 11.3 Å². The molecule has 18 heavy (non-hydrogen) atoms. The molecule has 5 heteroatoms. The summed E-state index contributed by atoms with van der Waals surface area (Å²) in [6, 6.07) is 0.0126. The van der Waals surface area contributed by atoms with Crippen LogP contribution in [0.3, 0.4) is 0 Å².